The number of hydrogen-bond acceptors (Lipinski definition) is 8. The van der Waals surface area contributed by atoms with Crippen LogP contribution >= 0.6 is 0 Å². The van der Waals surface area contributed by atoms with Crippen LogP contribution in [0, 0.1) is 53.5 Å². The van der Waals surface area contributed by atoms with Crippen LogP contribution in [0.15, 0.2) is 18.2 Å². The van der Waals surface area contributed by atoms with Crippen LogP contribution in [0.3, 0.4) is 0 Å². The summed E-state index contributed by atoms with van der Waals surface area (Å²) in [5.74, 6) is -0.577. The maximum absolute atomic E-state index is 11.4. The number of nitro groups is 1. The summed E-state index contributed by atoms with van der Waals surface area (Å²) in [5.41, 5.74) is 3.76. The van der Waals surface area contributed by atoms with E-state index in [-0.39, 0.29) is 24.0 Å². The number of rotatable bonds is 5. The fourth-order valence-electron chi connectivity index (χ4n) is 4.22. The number of aromatic nitrogens is 4. The second-order valence-corrected chi connectivity index (χ2v) is 7.62. The fraction of sp³-hybridized carbons (Fsp3) is 0.333. The summed E-state index contributed by atoms with van der Waals surface area (Å²) < 4.78 is 12.5. The van der Waals surface area contributed by atoms with Gasteiger partial charge in [-0.05, 0) is 38.5 Å². The molecule has 0 saturated carbocycles. The second-order valence-electron chi connectivity index (χ2n) is 7.62. The highest BCUT2D eigenvalue weighted by Crippen LogP contribution is 2.43. The molecular weight excluding hydrogens is 414 g/mol. The predicted octanol–water partition coefficient (Wildman–Crippen LogP) is 3.14. The minimum atomic E-state index is -0.824. The van der Waals surface area contributed by atoms with E-state index in [0.717, 1.165) is 22.4 Å². The number of ether oxygens (including phenoxy) is 2. The van der Waals surface area contributed by atoms with E-state index in [9.17, 15) is 15.4 Å². The highest BCUT2D eigenvalue weighted by Gasteiger charge is 2.40. The smallest absolute Gasteiger partial charge is 0.312 e. The molecule has 2 aromatic heterocycles. The molecule has 0 spiro atoms. The van der Waals surface area contributed by atoms with Crippen molar-refractivity contribution in [1.82, 2.24) is 20.0 Å². The molecule has 3 heterocycles. The monoisotopic (exact) mass is 435 g/mol. The van der Waals surface area contributed by atoms with Crippen LogP contribution in [-0.4, -0.2) is 37.9 Å². The third-order valence-electron chi connectivity index (χ3n) is 5.74. The molecule has 2 unspecified atom stereocenters. The van der Waals surface area contributed by atoms with Gasteiger partial charge in [-0.1, -0.05) is 6.07 Å². The summed E-state index contributed by atoms with van der Waals surface area (Å²) in [6.07, 6.45) is 0. The molecule has 11 heteroatoms. The zero-order valence-electron chi connectivity index (χ0n) is 18.0. The Balaban J connectivity index is 1.82. The zero-order valence-corrected chi connectivity index (χ0v) is 18.0. The molecule has 0 aliphatic carbocycles. The Bertz CT molecular complexity index is 1280. The Morgan fingerprint density at radius 2 is 2.16 bits per heavy atom. The van der Waals surface area contributed by atoms with E-state index in [1.807, 2.05) is 19.1 Å². The largest absolute Gasteiger partial charge is 0.496 e. The quantitative estimate of drug-likeness (QED) is 0.460. The van der Waals surface area contributed by atoms with Crippen LogP contribution in [0.4, 0.5) is 5.69 Å². The first-order valence-corrected chi connectivity index (χ1v) is 9.82. The SMILES string of the molecule is COc1ccc(C2c3c(n[nH]c3C)OC(=N)C2C#N)cc1Cn1nc(C)c([N+](=O)[O-])c1C. The molecule has 0 saturated heterocycles. The maximum atomic E-state index is 11.4. The molecule has 2 N–H and O–H groups in total. The van der Waals surface area contributed by atoms with Crippen molar-refractivity contribution in [2.24, 2.45) is 5.92 Å². The Hall–Kier alpha value is -4.20. The van der Waals surface area contributed by atoms with Crippen molar-refractivity contribution < 1.29 is 14.4 Å². The minimum absolute atomic E-state index is 0.0128. The van der Waals surface area contributed by atoms with Gasteiger partial charge in [0, 0.05) is 22.7 Å². The first kappa shape index (κ1) is 21.0. The molecule has 3 aromatic rings. The van der Waals surface area contributed by atoms with E-state index in [4.69, 9.17) is 14.9 Å². The lowest BCUT2D eigenvalue weighted by molar-refractivity contribution is -0.386. The van der Waals surface area contributed by atoms with Gasteiger partial charge in [0.2, 0.25) is 11.8 Å². The Morgan fingerprint density at radius 3 is 2.78 bits per heavy atom. The fourth-order valence-corrected chi connectivity index (χ4v) is 4.22. The summed E-state index contributed by atoms with van der Waals surface area (Å²) in [4.78, 5) is 10.9. The molecule has 0 fully saturated rings. The van der Waals surface area contributed by atoms with Crippen LogP contribution in [0.1, 0.15) is 39.7 Å². The molecule has 32 heavy (non-hydrogen) atoms. The normalized spacial score (nSPS) is 17.4. The number of nitrogens with one attached hydrogen (secondary N) is 2. The minimum Gasteiger partial charge on any atom is -0.496 e. The molecule has 1 aromatic carbocycles. The summed E-state index contributed by atoms with van der Waals surface area (Å²) in [5, 5.41) is 40.6. The van der Waals surface area contributed by atoms with Crippen molar-refractivity contribution in [2.45, 2.75) is 33.2 Å². The Labute approximate surface area is 183 Å². The molecule has 0 radical (unpaired) electrons. The summed E-state index contributed by atoms with van der Waals surface area (Å²) in [6, 6.07) is 7.68. The molecule has 1 aliphatic rings. The van der Waals surface area contributed by atoms with Crippen LogP contribution in [0.5, 0.6) is 11.6 Å². The average molecular weight is 435 g/mol. The summed E-state index contributed by atoms with van der Waals surface area (Å²) >= 11 is 0. The number of aryl methyl sites for hydroxylation is 2. The van der Waals surface area contributed by atoms with Gasteiger partial charge >= 0.3 is 5.69 Å². The first-order chi connectivity index (χ1) is 15.3. The lowest BCUT2D eigenvalue weighted by Gasteiger charge is -2.28. The molecule has 11 nitrogen and oxygen atoms in total. The van der Waals surface area contributed by atoms with Gasteiger partial charge in [0.25, 0.3) is 0 Å². The Kier molecular flexibility index (Phi) is 5.14. The summed E-state index contributed by atoms with van der Waals surface area (Å²) in [6.45, 7) is 5.34. The van der Waals surface area contributed by atoms with Gasteiger partial charge in [-0.2, -0.15) is 10.4 Å². The number of fused-ring (bicyclic) bond motifs is 1. The van der Waals surface area contributed by atoms with Crippen molar-refractivity contribution >= 4 is 11.6 Å². The molecule has 0 bridgehead atoms. The number of methoxy groups -OCH3 is 1. The number of benzene rings is 1. The standard InChI is InChI=1S/C21H21N7O4/c1-10-17-18(15(8-22)20(23)32-21(17)25-24-10)13-5-6-16(31-4)14(7-13)9-27-12(3)19(28(29)30)11(2)26-27/h5-7,15,18,23H,9H2,1-4H3,(H,24,25). The van der Waals surface area contributed by atoms with Crippen molar-refractivity contribution in [1.29, 1.82) is 10.7 Å². The third kappa shape index (κ3) is 3.26. The van der Waals surface area contributed by atoms with E-state index >= 15 is 0 Å². The van der Waals surface area contributed by atoms with Gasteiger partial charge < -0.3 is 9.47 Å². The maximum Gasteiger partial charge on any atom is 0.312 e. The lowest BCUT2D eigenvalue weighted by atomic mass is 9.79. The van der Waals surface area contributed by atoms with Crippen LogP contribution in [0.25, 0.3) is 0 Å². The van der Waals surface area contributed by atoms with Gasteiger partial charge in [-0.3, -0.25) is 25.3 Å². The van der Waals surface area contributed by atoms with Crippen LogP contribution < -0.4 is 9.47 Å². The van der Waals surface area contributed by atoms with Crippen LogP contribution in [0.2, 0.25) is 0 Å². The average Bonchev–Trinajstić information content (AvgIpc) is 3.25. The first-order valence-electron chi connectivity index (χ1n) is 9.82. The van der Waals surface area contributed by atoms with Crippen molar-refractivity contribution in [3.63, 3.8) is 0 Å². The van der Waals surface area contributed by atoms with Crippen molar-refractivity contribution in [3.8, 4) is 17.7 Å². The highest BCUT2D eigenvalue weighted by atomic mass is 16.6. The van der Waals surface area contributed by atoms with Gasteiger partial charge in [-0.25, -0.2) is 0 Å². The number of aromatic amines is 1. The molecular formula is C21H21N7O4. The Morgan fingerprint density at radius 1 is 1.41 bits per heavy atom. The molecule has 2 atom stereocenters. The summed E-state index contributed by atoms with van der Waals surface area (Å²) in [7, 11) is 1.54. The molecule has 1 aliphatic heterocycles. The van der Waals surface area contributed by atoms with E-state index < -0.39 is 16.8 Å². The molecule has 0 amide bonds. The molecule has 4 rings (SSSR count). The van der Waals surface area contributed by atoms with E-state index in [1.165, 1.54) is 0 Å². The second kappa shape index (κ2) is 7.81. The van der Waals surface area contributed by atoms with Gasteiger partial charge in [0.15, 0.2) is 0 Å². The number of nitriles is 1. The van der Waals surface area contributed by atoms with Crippen molar-refractivity contribution in [3.05, 3.63) is 62.1 Å². The predicted molar refractivity (Wildman–Crippen MR) is 113 cm³/mol. The lowest BCUT2D eigenvalue weighted by Crippen LogP contribution is -2.31. The topological polar surface area (TPSA) is 156 Å². The van der Waals surface area contributed by atoms with E-state index in [2.05, 4.69) is 21.4 Å². The van der Waals surface area contributed by atoms with Gasteiger partial charge in [0.1, 0.15) is 23.1 Å². The highest BCUT2D eigenvalue weighted by molar-refractivity contribution is 5.84. The zero-order chi connectivity index (χ0) is 23.2. The van der Waals surface area contributed by atoms with E-state index in [1.54, 1.807) is 31.7 Å². The number of nitrogens with zero attached hydrogens (tertiary/aromatic N) is 5. The number of H-pyrrole nitrogens is 1. The van der Waals surface area contributed by atoms with Gasteiger partial charge in [0.05, 0.1) is 24.6 Å². The third-order valence-corrected chi connectivity index (χ3v) is 5.74. The number of hydrogen-bond donors (Lipinski definition) is 2. The van der Waals surface area contributed by atoms with E-state index in [0.29, 0.717) is 17.1 Å². The van der Waals surface area contributed by atoms with Crippen molar-refractivity contribution in [2.75, 3.05) is 7.11 Å². The van der Waals surface area contributed by atoms with Crippen LogP contribution in [-0.2, 0) is 6.54 Å². The van der Waals surface area contributed by atoms with Gasteiger partial charge in [-0.15, -0.1) is 5.10 Å². The molecule has 164 valence electrons.